The largest absolute Gasteiger partial charge is 0.416 e. The van der Waals surface area contributed by atoms with Gasteiger partial charge in [0.2, 0.25) is 5.91 Å². The molecule has 1 N–H and O–H groups in total. The van der Waals surface area contributed by atoms with Crippen LogP contribution in [0.15, 0.2) is 24.3 Å². The van der Waals surface area contributed by atoms with Crippen LogP contribution in [0.2, 0.25) is 0 Å². The fourth-order valence-electron chi connectivity index (χ4n) is 1.34. The van der Waals surface area contributed by atoms with Crippen molar-refractivity contribution in [2.24, 2.45) is 0 Å². The van der Waals surface area contributed by atoms with Crippen molar-refractivity contribution in [2.45, 2.75) is 30.9 Å². The molecule has 18 heavy (non-hydrogen) atoms. The van der Waals surface area contributed by atoms with E-state index in [4.69, 9.17) is 0 Å². The van der Waals surface area contributed by atoms with Crippen LogP contribution in [0, 0.1) is 0 Å². The van der Waals surface area contributed by atoms with Crippen LogP contribution < -0.4 is 5.32 Å². The molecule has 1 rings (SSSR count). The molecule has 1 amide bonds. The van der Waals surface area contributed by atoms with Crippen molar-refractivity contribution in [1.29, 1.82) is 0 Å². The highest BCUT2D eigenvalue weighted by molar-refractivity contribution is 9.10. The number of benzene rings is 1. The number of amides is 1. The Balaban J connectivity index is 2.66. The summed E-state index contributed by atoms with van der Waals surface area (Å²) in [5, 5.41) is 2.58. The lowest BCUT2D eigenvalue weighted by Crippen LogP contribution is -2.30. The molecule has 1 aromatic carbocycles. The highest BCUT2D eigenvalue weighted by atomic mass is 79.9. The second-order valence-electron chi connectivity index (χ2n) is 3.79. The van der Waals surface area contributed by atoms with E-state index in [1.165, 1.54) is 6.07 Å². The predicted molar refractivity (Wildman–Crippen MR) is 66.3 cm³/mol. The molecule has 0 aliphatic heterocycles. The molecule has 0 bridgehead atoms. The Labute approximate surface area is 112 Å². The van der Waals surface area contributed by atoms with E-state index in [1.54, 1.807) is 6.07 Å². The van der Waals surface area contributed by atoms with Gasteiger partial charge in [0.15, 0.2) is 0 Å². The third kappa shape index (κ3) is 4.33. The van der Waals surface area contributed by atoms with E-state index < -0.39 is 11.7 Å². The number of carbonyl (C=O) groups excluding carboxylic acids is 1. The van der Waals surface area contributed by atoms with Crippen LogP contribution in [0.3, 0.4) is 0 Å². The van der Waals surface area contributed by atoms with Gasteiger partial charge < -0.3 is 5.32 Å². The van der Waals surface area contributed by atoms with Crippen molar-refractivity contribution in [3.63, 3.8) is 0 Å². The maximum Gasteiger partial charge on any atom is 0.416 e. The first-order valence-electron chi connectivity index (χ1n) is 5.42. The standard InChI is InChI=1S/C12H13BrF3NO/c1-2-10(13)11(18)17-7-8-4-3-5-9(6-8)12(14,15)16/h3-6,10H,2,7H2,1H3,(H,17,18). The highest BCUT2D eigenvalue weighted by Gasteiger charge is 2.30. The van der Waals surface area contributed by atoms with Gasteiger partial charge >= 0.3 is 6.18 Å². The van der Waals surface area contributed by atoms with Crippen molar-refractivity contribution >= 4 is 21.8 Å². The summed E-state index contributed by atoms with van der Waals surface area (Å²) in [6.45, 7) is 1.92. The maximum absolute atomic E-state index is 12.5. The lowest BCUT2D eigenvalue weighted by molar-refractivity contribution is -0.137. The Morgan fingerprint density at radius 2 is 2.11 bits per heavy atom. The summed E-state index contributed by atoms with van der Waals surface area (Å²) in [6, 6.07) is 4.92. The van der Waals surface area contributed by atoms with Crippen molar-refractivity contribution in [3.05, 3.63) is 35.4 Å². The Bertz CT molecular complexity index is 420. The molecule has 0 radical (unpaired) electrons. The van der Waals surface area contributed by atoms with Gasteiger partial charge in [-0.3, -0.25) is 4.79 Å². The molecule has 0 spiro atoms. The quantitative estimate of drug-likeness (QED) is 0.844. The summed E-state index contributed by atoms with van der Waals surface area (Å²) in [6.07, 6.45) is -3.74. The molecule has 0 aromatic heterocycles. The smallest absolute Gasteiger partial charge is 0.351 e. The molecule has 1 aromatic rings. The first kappa shape index (κ1) is 15.0. The van der Waals surface area contributed by atoms with Gasteiger partial charge in [0, 0.05) is 6.54 Å². The minimum absolute atomic E-state index is 0.0881. The van der Waals surface area contributed by atoms with E-state index in [2.05, 4.69) is 21.2 Å². The summed E-state index contributed by atoms with van der Waals surface area (Å²) < 4.78 is 37.4. The van der Waals surface area contributed by atoms with E-state index in [0.717, 1.165) is 12.1 Å². The van der Waals surface area contributed by atoms with Crippen LogP contribution in [0.1, 0.15) is 24.5 Å². The van der Waals surface area contributed by atoms with Gasteiger partial charge in [-0.05, 0) is 24.1 Å². The Kier molecular flexibility index (Phi) is 5.19. The highest BCUT2D eigenvalue weighted by Crippen LogP contribution is 2.29. The Morgan fingerprint density at radius 3 is 2.67 bits per heavy atom. The second-order valence-corrected chi connectivity index (χ2v) is 4.90. The van der Waals surface area contributed by atoms with E-state index in [-0.39, 0.29) is 17.3 Å². The van der Waals surface area contributed by atoms with Crippen LogP contribution in [-0.2, 0) is 17.5 Å². The zero-order chi connectivity index (χ0) is 13.8. The molecule has 1 unspecified atom stereocenters. The van der Waals surface area contributed by atoms with Gasteiger partial charge in [0.05, 0.1) is 10.4 Å². The number of alkyl halides is 4. The minimum atomic E-state index is -4.36. The number of hydrogen-bond acceptors (Lipinski definition) is 1. The normalized spacial score (nSPS) is 13.2. The van der Waals surface area contributed by atoms with Crippen LogP contribution in [0.5, 0.6) is 0 Å². The average molecular weight is 324 g/mol. The summed E-state index contributed by atoms with van der Waals surface area (Å²) >= 11 is 3.17. The lowest BCUT2D eigenvalue weighted by atomic mass is 10.1. The van der Waals surface area contributed by atoms with Crippen LogP contribution >= 0.6 is 15.9 Å². The van der Waals surface area contributed by atoms with Crippen LogP contribution in [0.25, 0.3) is 0 Å². The van der Waals surface area contributed by atoms with Gasteiger partial charge in [-0.25, -0.2) is 0 Å². The maximum atomic E-state index is 12.5. The fraction of sp³-hybridized carbons (Fsp3) is 0.417. The van der Waals surface area contributed by atoms with Crippen molar-refractivity contribution in [1.82, 2.24) is 5.32 Å². The summed E-state index contributed by atoms with van der Waals surface area (Å²) in [7, 11) is 0. The monoisotopic (exact) mass is 323 g/mol. The van der Waals surface area contributed by atoms with E-state index in [0.29, 0.717) is 12.0 Å². The van der Waals surface area contributed by atoms with Crippen molar-refractivity contribution in [3.8, 4) is 0 Å². The van der Waals surface area contributed by atoms with E-state index in [9.17, 15) is 18.0 Å². The molecule has 100 valence electrons. The van der Waals surface area contributed by atoms with E-state index in [1.807, 2.05) is 6.92 Å². The molecule has 0 aliphatic carbocycles. The zero-order valence-electron chi connectivity index (χ0n) is 9.72. The number of carbonyl (C=O) groups is 1. The number of nitrogens with one attached hydrogen (secondary N) is 1. The minimum Gasteiger partial charge on any atom is -0.351 e. The summed E-state index contributed by atoms with van der Waals surface area (Å²) in [5.41, 5.74) is -0.283. The second kappa shape index (κ2) is 6.22. The molecule has 2 nitrogen and oxygen atoms in total. The third-order valence-corrected chi connectivity index (χ3v) is 3.43. The third-order valence-electron chi connectivity index (χ3n) is 2.36. The van der Waals surface area contributed by atoms with E-state index >= 15 is 0 Å². The Hall–Kier alpha value is -1.04. The first-order valence-corrected chi connectivity index (χ1v) is 6.34. The first-order chi connectivity index (χ1) is 8.34. The van der Waals surface area contributed by atoms with Crippen LogP contribution in [-0.4, -0.2) is 10.7 Å². The molecule has 0 heterocycles. The number of rotatable bonds is 4. The fourth-order valence-corrected chi connectivity index (χ4v) is 1.50. The molecule has 0 aliphatic rings. The molecule has 0 saturated carbocycles. The lowest BCUT2D eigenvalue weighted by Gasteiger charge is -2.11. The summed E-state index contributed by atoms with van der Waals surface area (Å²) in [4.78, 5) is 11.1. The van der Waals surface area contributed by atoms with Gasteiger partial charge in [-0.15, -0.1) is 0 Å². The topological polar surface area (TPSA) is 29.1 Å². The molecule has 0 saturated heterocycles. The van der Waals surface area contributed by atoms with Crippen molar-refractivity contribution < 1.29 is 18.0 Å². The average Bonchev–Trinajstić information content (AvgIpc) is 2.34. The molecule has 0 fully saturated rings. The Morgan fingerprint density at radius 1 is 1.44 bits per heavy atom. The number of hydrogen-bond donors (Lipinski definition) is 1. The molecule has 1 atom stereocenters. The zero-order valence-corrected chi connectivity index (χ0v) is 11.3. The van der Waals surface area contributed by atoms with Crippen molar-refractivity contribution in [2.75, 3.05) is 0 Å². The number of halogens is 4. The molecule has 6 heteroatoms. The van der Waals surface area contributed by atoms with Gasteiger partial charge in [0.25, 0.3) is 0 Å². The molecular formula is C12H13BrF3NO. The predicted octanol–water partition coefficient (Wildman–Crippen LogP) is 3.50. The molecular weight excluding hydrogens is 311 g/mol. The van der Waals surface area contributed by atoms with Gasteiger partial charge in [0.1, 0.15) is 0 Å². The SMILES string of the molecule is CCC(Br)C(=O)NCc1cccc(C(F)(F)F)c1. The van der Waals surface area contributed by atoms with Crippen LogP contribution in [0.4, 0.5) is 13.2 Å². The summed E-state index contributed by atoms with van der Waals surface area (Å²) in [5.74, 6) is -0.227. The van der Waals surface area contributed by atoms with Gasteiger partial charge in [-0.1, -0.05) is 35.0 Å². The van der Waals surface area contributed by atoms with Gasteiger partial charge in [-0.2, -0.15) is 13.2 Å².